The van der Waals surface area contributed by atoms with Gasteiger partial charge in [-0.05, 0) is 73.7 Å². The van der Waals surface area contributed by atoms with E-state index in [2.05, 4.69) is 13.8 Å². The molecule has 4 rings (SSSR count). The van der Waals surface area contributed by atoms with Crippen LogP contribution in [-0.4, -0.2) is 34.0 Å². The van der Waals surface area contributed by atoms with Crippen LogP contribution in [0.1, 0.15) is 59.3 Å². The van der Waals surface area contributed by atoms with Gasteiger partial charge in [-0.15, -0.1) is 0 Å². The standard InChI is InChI=1S/C21H30O4/c1-11(22)18-16(24)9-15-14-5-4-12-8-13(23)6-7-20(12,2)19(14)17(25)10-21(15,18)3/h8,14-19,24-25H,4-7,9-10H2,1-3H3/t14-,15-,16-,17+,18-,19+,20-,21-/m0/s1. The summed E-state index contributed by atoms with van der Waals surface area (Å²) in [5, 5.41) is 21.8. The van der Waals surface area contributed by atoms with Gasteiger partial charge in [-0.3, -0.25) is 9.59 Å². The molecular formula is C21H30O4. The predicted octanol–water partition coefficient (Wildman–Crippen LogP) is 2.67. The fourth-order valence-electron chi connectivity index (χ4n) is 7.44. The Morgan fingerprint density at radius 1 is 1.20 bits per heavy atom. The van der Waals surface area contributed by atoms with Crippen LogP contribution < -0.4 is 0 Å². The predicted molar refractivity (Wildman–Crippen MR) is 93.7 cm³/mol. The third-order valence-corrected chi connectivity index (χ3v) is 8.36. The normalized spacial score (nSPS) is 52.0. The lowest BCUT2D eigenvalue weighted by Crippen LogP contribution is -2.57. The second-order valence-electron chi connectivity index (χ2n) is 9.56. The van der Waals surface area contributed by atoms with Gasteiger partial charge in [-0.25, -0.2) is 0 Å². The van der Waals surface area contributed by atoms with Crippen LogP contribution in [0.3, 0.4) is 0 Å². The van der Waals surface area contributed by atoms with E-state index in [0.29, 0.717) is 25.2 Å². The number of allylic oxidation sites excluding steroid dienone is 1. The average Bonchev–Trinajstić information content (AvgIpc) is 2.77. The maximum Gasteiger partial charge on any atom is 0.155 e. The summed E-state index contributed by atoms with van der Waals surface area (Å²) < 4.78 is 0. The molecule has 138 valence electrons. The van der Waals surface area contributed by atoms with Gasteiger partial charge in [0, 0.05) is 12.3 Å². The van der Waals surface area contributed by atoms with Gasteiger partial charge >= 0.3 is 0 Å². The van der Waals surface area contributed by atoms with Gasteiger partial charge in [0.2, 0.25) is 0 Å². The molecule has 0 saturated heterocycles. The molecule has 0 bridgehead atoms. The van der Waals surface area contributed by atoms with Crippen LogP contribution in [0.25, 0.3) is 0 Å². The van der Waals surface area contributed by atoms with Crippen LogP contribution >= 0.6 is 0 Å². The smallest absolute Gasteiger partial charge is 0.155 e. The maximum atomic E-state index is 12.2. The Kier molecular flexibility index (Phi) is 3.83. The van der Waals surface area contributed by atoms with Crippen molar-refractivity contribution in [2.24, 2.45) is 34.5 Å². The lowest BCUT2D eigenvalue weighted by atomic mass is 9.46. The Hall–Kier alpha value is -1.00. The Balaban J connectivity index is 1.74. The number of carbonyl (C=O) groups excluding carboxylic acids is 2. The number of hydrogen-bond donors (Lipinski definition) is 2. The molecular weight excluding hydrogens is 316 g/mol. The largest absolute Gasteiger partial charge is 0.393 e. The van der Waals surface area contributed by atoms with Gasteiger partial charge in [-0.1, -0.05) is 19.4 Å². The highest BCUT2D eigenvalue weighted by atomic mass is 16.3. The highest BCUT2D eigenvalue weighted by Gasteiger charge is 2.64. The van der Waals surface area contributed by atoms with E-state index in [1.807, 2.05) is 6.08 Å². The molecule has 0 aromatic rings. The van der Waals surface area contributed by atoms with Crippen molar-refractivity contribution in [1.29, 1.82) is 0 Å². The second-order valence-corrected chi connectivity index (χ2v) is 9.56. The summed E-state index contributed by atoms with van der Waals surface area (Å²) in [6.07, 6.45) is 5.27. The SMILES string of the molecule is CC(=O)[C@H]1[C@@H](O)C[C@H]2[C@@H]3CCC4=CC(=O)CC[C@]4(C)[C@H]3[C@H](O)C[C@@]21C. The molecule has 25 heavy (non-hydrogen) atoms. The van der Waals surface area contributed by atoms with E-state index in [9.17, 15) is 19.8 Å². The Labute approximate surface area is 149 Å². The first-order chi connectivity index (χ1) is 11.7. The van der Waals surface area contributed by atoms with Crippen LogP contribution in [0.15, 0.2) is 11.6 Å². The number of rotatable bonds is 1. The summed E-state index contributed by atoms with van der Waals surface area (Å²) in [6, 6.07) is 0. The van der Waals surface area contributed by atoms with Gasteiger partial charge < -0.3 is 10.2 Å². The summed E-state index contributed by atoms with van der Waals surface area (Å²) in [5.41, 5.74) is 0.791. The highest BCUT2D eigenvalue weighted by molar-refractivity contribution is 5.91. The minimum atomic E-state index is -0.587. The molecule has 0 radical (unpaired) electrons. The van der Waals surface area contributed by atoms with E-state index in [4.69, 9.17) is 0 Å². The molecule has 4 aliphatic rings. The van der Waals surface area contributed by atoms with E-state index < -0.39 is 12.2 Å². The van der Waals surface area contributed by atoms with Gasteiger partial charge in [0.25, 0.3) is 0 Å². The number of fused-ring (bicyclic) bond motifs is 5. The fourth-order valence-corrected chi connectivity index (χ4v) is 7.44. The van der Waals surface area contributed by atoms with Gasteiger partial charge in [0.05, 0.1) is 12.2 Å². The Morgan fingerprint density at radius 3 is 2.60 bits per heavy atom. The highest BCUT2D eigenvalue weighted by Crippen LogP contribution is 2.66. The number of aliphatic hydroxyl groups excluding tert-OH is 2. The lowest BCUT2D eigenvalue weighted by molar-refractivity contribution is -0.145. The number of ketones is 2. The van der Waals surface area contributed by atoms with E-state index in [0.717, 1.165) is 19.3 Å². The van der Waals surface area contributed by atoms with Crippen molar-refractivity contribution in [2.45, 2.75) is 71.5 Å². The third kappa shape index (κ3) is 2.26. The molecule has 3 fully saturated rings. The Bertz CT molecular complexity index is 652. The molecule has 0 unspecified atom stereocenters. The number of carbonyl (C=O) groups is 2. The van der Waals surface area contributed by atoms with Crippen molar-refractivity contribution in [2.75, 3.05) is 0 Å². The molecule has 0 aliphatic heterocycles. The molecule has 3 saturated carbocycles. The summed E-state index contributed by atoms with van der Waals surface area (Å²) >= 11 is 0. The van der Waals surface area contributed by atoms with Crippen LogP contribution in [0, 0.1) is 34.5 Å². The molecule has 0 spiro atoms. The minimum Gasteiger partial charge on any atom is -0.393 e. The molecule has 0 amide bonds. The first-order valence-electron chi connectivity index (χ1n) is 9.79. The third-order valence-electron chi connectivity index (χ3n) is 8.36. The summed E-state index contributed by atoms with van der Waals surface area (Å²) in [7, 11) is 0. The number of aliphatic hydroxyl groups is 2. The lowest BCUT2D eigenvalue weighted by Gasteiger charge is -2.59. The van der Waals surface area contributed by atoms with E-state index in [-0.39, 0.29) is 40.2 Å². The fraction of sp³-hybridized carbons (Fsp3) is 0.810. The minimum absolute atomic E-state index is 0.0500. The van der Waals surface area contributed by atoms with Crippen molar-refractivity contribution in [1.82, 2.24) is 0 Å². The molecule has 4 nitrogen and oxygen atoms in total. The Morgan fingerprint density at radius 2 is 1.92 bits per heavy atom. The van der Waals surface area contributed by atoms with E-state index >= 15 is 0 Å². The average molecular weight is 346 g/mol. The zero-order chi connectivity index (χ0) is 18.1. The van der Waals surface area contributed by atoms with E-state index in [1.165, 1.54) is 5.57 Å². The number of Topliss-reactive ketones (excluding diaryl/α,β-unsaturated/α-hetero) is 1. The molecule has 0 aromatic carbocycles. The first-order valence-corrected chi connectivity index (χ1v) is 9.79. The van der Waals surface area contributed by atoms with Gasteiger partial charge in [0.15, 0.2) is 5.78 Å². The van der Waals surface area contributed by atoms with Crippen LogP contribution in [0.2, 0.25) is 0 Å². The van der Waals surface area contributed by atoms with Crippen molar-refractivity contribution < 1.29 is 19.8 Å². The zero-order valence-electron chi connectivity index (χ0n) is 15.5. The maximum absolute atomic E-state index is 12.2. The molecule has 2 N–H and O–H groups in total. The topological polar surface area (TPSA) is 74.6 Å². The molecule has 0 aromatic heterocycles. The number of hydrogen-bond acceptors (Lipinski definition) is 4. The van der Waals surface area contributed by atoms with Crippen molar-refractivity contribution >= 4 is 11.6 Å². The van der Waals surface area contributed by atoms with Gasteiger partial charge in [0.1, 0.15) is 5.78 Å². The molecule has 4 aliphatic carbocycles. The summed E-state index contributed by atoms with van der Waals surface area (Å²) in [5.74, 6) is 0.647. The van der Waals surface area contributed by atoms with Crippen LogP contribution in [0.4, 0.5) is 0 Å². The zero-order valence-corrected chi connectivity index (χ0v) is 15.5. The van der Waals surface area contributed by atoms with Crippen molar-refractivity contribution in [3.8, 4) is 0 Å². The quantitative estimate of drug-likeness (QED) is 0.765. The summed E-state index contributed by atoms with van der Waals surface area (Å²) in [6.45, 7) is 5.91. The first kappa shape index (κ1) is 17.4. The second kappa shape index (κ2) is 5.50. The molecule has 8 atom stereocenters. The van der Waals surface area contributed by atoms with Gasteiger partial charge in [-0.2, -0.15) is 0 Å². The monoisotopic (exact) mass is 346 g/mol. The van der Waals surface area contributed by atoms with Crippen LogP contribution in [0.5, 0.6) is 0 Å². The summed E-state index contributed by atoms with van der Waals surface area (Å²) in [4.78, 5) is 24.1. The van der Waals surface area contributed by atoms with E-state index in [1.54, 1.807) is 6.92 Å². The van der Waals surface area contributed by atoms with Crippen molar-refractivity contribution in [3.63, 3.8) is 0 Å². The van der Waals surface area contributed by atoms with Crippen molar-refractivity contribution in [3.05, 3.63) is 11.6 Å². The van der Waals surface area contributed by atoms with Crippen LogP contribution in [-0.2, 0) is 9.59 Å². The molecule has 4 heteroatoms. The molecule has 0 heterocycles.